The average molecular weight is 326 g/mol. The fourth-order valence-corrected chi connectivity index (χ4v) is 3.06. The molecule has 124 valence electrons. The van der Waals surface area contributed by atoms with Crippen molar-refractivity contribution in [2.75, 3.05) is 37.7 Å². The van der Waals surface area contributed by atoms with E-state index >= 15 is 0 Å². The summed E-state index contributed by atoms with van der Waals surface area (Å²) in [6, 6.07) is 8.05. The molecule has 8 heteroatoms. The Bertz CT molecular complexity index is 885. The summed E-state index contributed by atoms with van der Waals surface area (Å²) in [5, 5.41) is 14.8. The van der Waals surface area contributed by atoms with Crippen LogP contribution in [0.15, 0.2) is 30.6 Å². The molecule has 3 heterocycles. The molecule has 1 aliphatic rings. The van der Waals surface area contributed by atoms with Crippen LogP contribution in [0.2, 0.25) is 0 Å². The molecule has 0 bridgehead atoms. The van der Waals surface area contributed by atoms with Crippen molar-refractivity contribution in [1.29, 1.82) is 0 Å². The van der Waals surface area contributed by atoms with Crippen molar-refractivity contribution in [2.24, 2.45) is 0 Å². The summed E-state index contributed by atoms with van der Waals surface area (Å²) in [7, 11) is 0. The van der Waals surface area contributed by atoms with Gasteiger partial charge in [0.2, 0.25) is 0 Å². The Labute approximate surface area is 138 Å². The lowest BCUT2D eigenvalue weighted by molar-refractivity contribution is 0.105. The first-order valence-corrected chi connectivity index (χ1v) is 8.03. The van der Waals surface area contributed by atoms with Crippen LogP contribution in [0.1, 0.15) is 6.92 Å². The normalized spacial score (nSPS) is 15.2. The number of anilines is 1. The number of carbonyl (C=O) groups is 1. The number of aromatic nitrogens is 4. The predicted molar refractivity (Wildman–Crippen MR) is 89.1 cm³/mol. The highest BCUT2D eigenvalue weighted by atomic mass is 16.6. The summed E-state index contributed by atoms with van der Waals surface area (Å²) in [5.41, 5.74) is 0.750. The third kappa shape index (κ3) is 2.40. The Morgan fingerprint density at radius 1 is 1.17 bits per heavy atom. The van der Waals surface area contributed by atoms with Crippen molar-refractivity contribution in [2.45, 2.75) is 6.92 Å². The number of rotatable bonds is 2. The van der Waals surface area contributed by atoms with Gasteiger partial charge in [0.15, 0.2) is 11.5 Å². The van der Waals surface area contributed by atoms with Crippen molar-refractivity contribution < 1.29 is 9.53 Å². The zero-order chi connectivity index (χ0) is 16.5. The molecule has 0 aliphatic carbocycles. The molecule has 1 amide bonds. The summed E-state index contributed by atoms with van der Waals surface area (Å²) in [6.07, 6.45) is 1.37. The number of hydrogen-bond acceptors (Lipinski definition) is 6. The topological polar surface area (TPSA) is 75.9 Å². The van der Waals surface area contributed by atoms with Gasteiger partial charge in [-0.2, -0.15) is 4.52 Å². The van der Waals surface area contributed by atoms with E-state index in [0.717, 1.165) is 22.2 Å². The number of fused-ring (bicyclic) bond motifs is 3. The van der Waals surface area contributed by atoms with Crippen molar-refractivity contribution in [3.8, 4) is 0 Å². The Hall–Kier alpha value is -2.90. The number of hydrogen-bond donors (Lipinski definition) is 0. The Balaban J connectivity index is 1.66. The molecular weight excluding hydrogens is 308 g/mol. The SMILES string of the molecule is CCOC(=O)N1CCN(c2nn3cnnc3c3ccccc23)CC1. The Morgan fingerprint density at radius 3 is 2.67 bits per heavy atom. The van der Waals surface area contributed by atoms with E-state index in [1.165, 1.54) is 0 Å². The second-order valence-electron chi connectivity index (χ2n) is 5.64. The summed E-state index contributed by atoms with van der Waals surface area (Å²) >= 11 is 0. The molecule has 0 spiro atoms. The number of carbonyl (C=O) groups excluding carboxylic acids is 1. The van der Waals surface area contributed by atoms with E-state index in [-0.39, 0.29) is 6.09 Å². The van der Waals surface area contributed by atoms with Crippen LogP contribution in [-0.2, 0) is 4.74 Å². The minimum Gasteiger partial charge on any atom is -0.450 e. The van der Waals surface area contributed by atoms with Gasteiger partial charge in [0, 0.05) is 37.0 Å². The second-order valence-corrected chi connectivity index (χ2v) is 5.64. The van der Waals surface area contributed by atoms with Gasteiger partial charge in [-0.15, -0.1) is 15.3 Å². The highest BCUT2D eigenvalue weighted by molar-refractivity contribution is 6.00. The third-order valence-corrected chi connectivity index (χ3v) is 4.25. The van der Waals surface area contributed by atoms with Crippen molar-refractivity contribution >= 4 is 28.3 Å². The van der Waals surface area contributed by atoms with Crippen LogP contribution < -0.4 is 4.90 Å². The molecule has 4 rings (SSSR count). The lowest BCUT2D eigenvalue weighted by Crippen LogP contribution is -2.49. The average Bonchev–Trinajstić information content (AvgIpc) is 3.10. The molecule has 1 saturated heterocycles. The van der Waals surface area contributed by atoms with Crippen molar-refractivity contribution in [3.05, 3.63) is 30.6 Å². The first-order chi connectivity index (χ1) is 11.8. The quantitative estimate of drug-likeness (QED) is 0.711. The maximum Gasteiger partial charge on any atom is 0.409 e. The molecule has 1 aliphatic heterocycles. The molecule has 1 aromatic carbocycles. The third-order valence-electron chi connectivity index (χ3n) is 4.25. The molecule has 0 N–H and O–H groups in total. The van der Waals surface area contributed by atoms with Gasteiger partial charge >= 0.3 is 6.09 Å². The zero-order valence-corrected chi connectivity index (χ0v) is 13.4. The fourth-order valence-electron chi connectivity index (χ4n) is 3.06. The highest BCUT2D eigenvalue weighted by Crippen LogP contribution is 2.27. The number of ether oxygens (including phenoxy) is 1. The molecule has 8 nitrogen and oxygen atoms in total. The Morgan fingerprint density at radius 2 is 1.92 bits per heavy atom. The van der Waals surface area contributed by atoms with Crippen LogP contribution in [0.4, 0.5) is 10.6 Å². The summed E-state index contributed by atoms with van der Waals surface area (Å²) in [5.74, 6) is 0.890. The molecule has 24 heavy (non-hydrogen) atoms. The number of amides is 1. The van der Waals surface area contributed by atoms with Crippen molar-refractivity contribution in [1.82, 2.24) is 24.7 Å². The fraction of sp³-hybridized carbons (Fsp3) is 0.375. The predicted octanol–water partition coefficient (Wildman–Crippen LogP) is 1.56. The number of nitrogens with zero attached hydrogens (tertiary/aromatic N) is 6. The number of piperazine rings is 1. The monoisotopic (exact) mass is 326 g/mol. The maximum atomic E-state index is 11.8. The molecule has 0 radical (unpaired) electrons. The van der Waals surface area contributed by atoms with Gasteiger partial charge in [0.1, 0.15) is 6.33 Å². The first-order valence-electron chi connectivity index (χ1n) is 8.03. The van der Waals surface area contributed by atoms with Gasteiger partial charge in [-0.3, -0.25) is 0 Å². The van der Waals surface area contributed by atoms with Crippen molar-refractivity contribution in [3.63, 3.8) is 0 Å². The van der Waals surface area contributed by atoms with E-state index in [1.54, 1.807) is 15.7 Å². The van der Waals surface area contributed by atoms with E-state index in [9.17, 15) is 4.79 Å². The van der Waals surface area contributed by atoms with Gasteiger partial charge in [0.25, 0.3) is 0 Å². The van der Waals surface area contributed by atoms with E-state index in [0.29, 0.717) is 32.8 Å². The molecule has 0 unspecified atom stereocenters. The van der Waals surface area contributed by atoms with Crippen LogP contribution in [0.25, 0.3) is 16.4 Å². The van der Waals surface area contributed by atoms with Crippen LogP contribution in [0.3, 0.4) is 0 Å². The van der Waals surface area contributed by atoms with Gasteiger partial charge in [-0.05, 0) is 6.92 Å². The molecule has 2 aromatic heterocycles. The molecule has 1 fully saturated rings. The van der Waals surface area contributed by atoms with Gasteiger partial charge < -0.3 is 14.5 Å². The number of benzene rings is 1. The summed E-state index contributed by atoms with van der Waals surface area (Å²) < 4.78 is 6.78. The minimum absolute atomic E-state index is 0.246. The highest BCUT2D eigenvalue weighted by Gasteiger charge is 2.24. The maximum absolute atomic E-state index is 11.8. The van der Waals surface area contributed by atoms with E-state index in [2.05, 4.69) is 20.2 Å². The first kappa shape index (κ1) is 14.7. The molecule has 3 aromatic rings. The van der Waals surface area contributed by atoms with Gasteiger partial charge in [-0.1, -0.05) is 24.3 Å². The standard InChI is InChI=1S/C16H18N6O2/c1-2-24-16(23)21-9-7-20(8-10-21)15-13-6-4-3-5-12(13)14-18-17-11-22(14)19-15/h3-6,11H,2,7-10H2,1H3. The van der Waals surface area contributed by atoms with E-state index < -0.39 is 0 Å². The minimum atomic E-state index is -0.246. The van der Waals surface area contributed by atoms with E-state index in [1.807, 2.05) is 31.2 Å². The molecule has 0 saturated carbocycles. The van der Waals surface area contributed by atoms with E-state index in [4.69, 9.17) is 4.74 Å². The largest absolute Gasteiger partial charge is 0.450 e. The zero-order valence-electron chi connectivity index (χ0n) is 13.4. The lowest BCUT2D eigenvalue weighted by Gasteiger charge is -2.35. The van der Waals surface area contributed by atoms with Crippen LogP contribution in [-0.4, -0.2) is 63.6 Å². The summed E-state index contributed by atoms with van der Waals surface area (Å²) in [6.45, 7) is 4.88. The van der Waals surface area contributed by atoms with Crippen LogP contribution >= 0.6 is 0 Å². The molecule has 0 atom stereocenters. The lowest BCUT2D eigenvalue weighted by atomic mass is 10.1. The van der Waals surface area contributed by atoms with Crippen LogP contribution in [0.5, 0.6) is 0 Å². The smallest absolute Gasteiger partial charge is 0.409 e. The second kappa shape index (κ2) is 5.95. The Kier molecular flexibility index (Phi) is 3.64. The van der Waals surface area contributed by atoms with Gasteiger partial charge in [0.05, 0.1) is 6.61 Å². The van der Waals surface area contributed by atoms with Gasteiger partial charge in [-0.25, -0.2) is 4.79 Å². The molecular formula is C16H18N6O2. The summed E-state index contributed by atoms with van der Waals surface area (Å²) in [4.78, 5) is 15.8. The van der Waals surface area contributed by atoms with Crippen LogP contribution in [0, 0.1) is 0 Å².